The first-order chi connectivity index (χ1) is 12.5. The van der Waals surface area contributed by atoms with E-state index in [-0.39, 0.29) is 4.90 Å². The van der Waals surface area contributed by atoms with Crippen LogP contribution in [0, 0.1) is 0 Å². The highest BCUT2D eigenvalue weighted by Crippen LogP contribution is 2.31. The number of halogens is 1. The third kappa shape index (κ3) is 3.67. The monoisotopic (exact) mass is 440 g/mol. The number of rotatable bonds is 5. The average molecular weight is 441 g/mol. The molecule has 0 aliphatic carbocycles. The molecule has 3 rings (SSSR count). The zero-order valence-corrected chi connectivity index (χ0v) is 17.1. The van der Waals surface area contributed by atoms with Crippen LogP contribution in [-0.2, 0) is 10.0 Å². The minimum Gasteiger partial charge on any atom is -0.496 e. The summed E-state index contributed by atoms with van der Waals surface area (Å²) in [6.45, 7) is 2.06. The Labute approximate surface area is 162 Å². The van der Waals surface area contributed by atoms with Gasteiger partial charge in [0.05, 0.1) is 29.3 Å². The van der Waals surface area contributed by atoms with Gasteiger partial charge in [-0.2, -0.15) is 4.31 Å². The van der Waals surface area contributed by atoms with E-state index in [2.05, 4.69) is 20.8 Å². The molecule has 0 N–H and O–H groups in total. The Hall–Kier alpha value is -1.77. The molecular formula is C18H21BrN2O4S. The molecule has 1 heterocycles. The molecule has 1 fully saturated rings. The van der Waals surface area contributed by atoms with Crippen LogP contribution in [0.25, 0.3) is 0 Å². The van der Waals surface area contributed by atoms with Crippen molar-refractivity contribution >= 4 is 31.6 Å². The zero-order chi connectivity index (χ0) is 18.7. The molecule has 140 valence electrons. The lowest BCUT2D eigenvalue weighted by atomic mass is 10.2. The number of anilines is 1. The molecular weight excluding hydrogens is 420 g/mol. The van der Waals surface area contributed by atoms with Crippen LogP contribution in [0.4, 0.5) is 5.69 Å². The fraction of sp³-hybridized carbons (Fsp3) is 0.333. The van der Waals surface area contributed by atoms with E-state index >= 15 is 0 Å². The van der Waals surface area contributed by atoms with Crippen molar-refractivity contribution in [1.82, 2.24) is 4.31 Å². The molecule has 0 bridgehead atoms. The van der Waals surface area contributed by atoms with Gasteiger partial charge in [0.15, 0.2) is 0 Å². The number of benzene rings is 2. The van der Waals surface area contributed by atoms with Gasteiger partial charge in [-0.15, -0.1) is 0 Å². The van der Waals surface area contributed by atoms with Gasteiger partial charge in [0.25, 0.3) is 0 Å². The molecule has 8 heteroatoms. The van der Waals surface area contributed by atoms with Crippen molar-refractivity contribution in [2.75, 3.05) is 45.3 Å². The SMILES string of the molecule is COc1ccc(S(=O)(=O)N2CCN(c3ccccc3OC)CC2)cc1Br. The van der Waals surface area contributed by atoms with E-state index in [1.54, 1.807) is 32.4 Å². The van der Waals surface area contributed by atoms with E-state index in [9.17, 15) is 8.42 Å². The molecule has 0 radical (unpaired) electrons. The van der Waals surface area contributed by atoms with Gasteiger partial charge < -0.3 is 14.4 Å². The maximum atomic E-state index is 12.9. The van der Waals surface area contributed by atoms with Gasteiger partial charge in [-0.05, 0) is 46.3 Å². The maximum Gasteiger partial charge on any atom is 0.243 e. The summed E-state index contributed by atoms with van der Waals surface area (Å²) in [6, 6.07) is 12.6. The largest absolute Gasteiger partial charge is 0.496 e. The Balaban J connectivity index is 1.75. The van der Waals surface area contributed by atoms with Gasteiger partial charge in [0.2, 0.25) is 10.0 Å². The van der Waals surface area contributed by atoms with Crippen LogP contribution >= 0.6 is 15.9 Å². The van der Waals surface area contributed by atoms with Crippen molar-refractivity contribution in [1.29, 1.82) is 0 Å². The molecule has 2 aromatic carbocycles. The van der Waals surface area contributed by atoms with Crippen molar-refractivity contribution in [3.63, 3.8) is 0 Å². The van der Waals surface area contributed by atoms with Crippen LogP contribution in [0.2, 0.25) is 0 Å². The summed E-state index contributed by atoms with van der Waals surface area (Å²) in [6.07, 6.45) is 0. The van der Waals surface area contributed by atoms with Crippen molar-refractivity contribution in [2.24, 2.45) is 0 Å². The Bertz CT molecular complexity index is 881. The Morgan fingerprint density at radius 3 is 2.19 bits per heavy atom. The quantitative estimate of drug-likeness (QED) is 0.714. The molecule has 0 amide bonds. The molecule has 0 spiro atoms. The standard InChI is InChI=1S/C18H21BrN2O4S/c1-24-17-8-7-14(13-15(17)19)26(22,23)21-11-9-20(10-12-21)16-5-3-4-6-18(16)25-2/h3-8,13H,9-12H2,1-2H3. The van der Waals surface area contributed by atoms with Crippen LogP contribution < -0.4 is 14.4 Å². The Morgan fingerprint density at radius 1 is 0.923 bits per heavy atom. The summed E-state index contributed by atoms with van der Waals surface area (Å²) in [5.41, 5.74) is 0.985. The number of methoxy groups -OCH3 is 2. The number of piperazine rings is 1. The van der Waals surface area contributed by atoms with Gasteiger partial charge >= 0.3 is 0 Å². The highest BCUT2D eigenvalue weighted by atomic mass is 79.9. The van der Waals surface area contributed by atoms with E-state index in [0.717, 1.165) is 11.4 Å². The summed E-state index contributed by atoms with van der Waals surface area (Å²) in [7, 11) is -0.354. The molecule has 2 aromatic rings. The predicted molar refractivity (Wildman–Crippen MR) is 105 cm³/mol. The van der Waals surface area contributed by atoms with Crippen molar-refractivity contribution in [3.8, 4) is 11.5 Å². The van der Waals surface area contributed by atoms with E-state index < -0.39 is 10.0 Å². The van der Waals surface area contributed by atoms with E-state index in [4.69, 9.17) is 9.47 Å². The van der Waals surface area contributed by atoms with Gasteiger partial charge in [0.1, 0.15) is 11.5 Å². The summed E-state index contributed by atoms with van der Waals surface area (Å²) in [4.78, 5) is 2.41. The molecule has 1 aliphatic heterocycles. The van der Waals surface area contributed by atoms with Crippen molar-refractivity contribution in [3.05, 3.63) is 46.9 Å². The zero-order valence-electron chi connectivity index (χ0n) is 14.7. The fourth-order valence-electron chi connectivity index (χ4n) is 3.02. The first-order valence-electron chi connectivity index (χ1n) is 8.19. The minimum atomic E-state index is -3.54. The first-order valence-corrected chi connectivity index (χ1v) is 10.4. The summed E-state index contributed by atoms with van der Waals surface area (Å²) in [5.74, 6) is 1.40. The molecule has 1 saturated heterocycles. The Kier molecular flexibility index (Phi) is 5.74. The third-order valence-corrected chi connectivity index (χ3v) is 6.94. The second-order valence-corrected chi connectivity index (χ2v) is 8.65. The summed E-state index contributed by atoms with van der Waals surface area (Å²) in [5, 5.41) is 0. The molecule has 26 heavy (non-hydrogen) atoms. The lowest BCUT2D eigenvalue weighted by Crippen LogP contribution is -2.48. The summed E-state index contributed by atoms with van der Waals surface area (Å²) >= 11 is 3.35. The van der Waals surface area contributed by atoms with Crippen LogP contribution in [0.5, 0.6) is 11.5 Å². The second-order valence-electron chi connectivity index (χ2n) is 5.86. The van der Waals surface area contributed by atoms with Crippen LogP contribution in [-0.4, -0.2) is 53.1 Å². The van der Waals surface area contributed by atoms with E-state index in [0.29, 0.717) is 36.4 Å². The minimum absolute atomic E-state index is 0.260. The normalized spacial score (nSPS) is 15.7. The highest BCUT2D eigenvalue weighted by molar-refractivity contribution is 9.10. The number of sulfonamides is 1. The van der Waals surface area contributed by atoms with E-state index in [1.807, 2.05) is 24.3 Å². The van der Waals surface area contributed by atoms with Gasteiger partial charge in [-0.3, -0.25) is 0 Å². The second kappa shape index (κ2) is 7.85. The Morgan fingerprint density at radius 2 is 1.58 bits per heavy atom. The number of nitrogens with zero attached hydrogens (tertiary/aromatic N) is 2. The van der Waals surface area contributed by atoms with Crippen molar-refractivity contribution in [2.45, 2.75) is 4.90 Å². The smallest absolute Gasteiger partial charge is 0.243 e. The molecule has 0 saturated carbocycles. The van der Waals surface area contributed by atoms with Crippen LogP contribution in [0.15, 0.2) is 51.8 Å². The van der Waals surface area contributed by atoms with Gasteiger partial charge in [-0.1, -0.05) is 12.1 Å². The molecule has 0 atom stereocenters. The van der Waals surface area contributed by atoms with Gasteiger partial charge in [0, 0.05) is 26.2 Å². The summed E-state index contributed by atoms with van der Waals surface area (Å²) < 4.78 is 38.6. The average Bonchev–Trinajstić information content (AvgIpc) is 2.68. The maximum absolute atomic E-state index is 12.9. The van der Waals surface area contributed by atoms with Crippen molar-refractivity contribution < 1.29 is 17.9 Å². The molecule has 1 aliphatic rings. The van der Waals surface area contributed by atoms with E-state index in [1.165, 1.54) is 4.31 Å². The number of hydrogen-bond acceptors (Lipinski definition) is 5. The molecule has 6 nitrogen and oxygen atoms in total. The molecule has 0 unspecified atom stereocenters. The number of hydrogen-bond donors (Lipinski definition) is 0. The molecule has 0 aromatic heterocycles. The third-order valence-electron chi connectivity index (χ3n) is 4.43. The first kappa shape index (κ1) is 19.0. The van der Waals surface area contributed by atoms with Gasteiger partial charge in [-0.25, -0.2) is 8.42 Å². The lowest BCUT2D eigenvalue weighted by molar-refractivity contribution is 0.378. The van der Waals surface area contributed by atoms with Crippen LogP contribution in [0.3, 0.4) is 0 Å². The van der Waals surface area contributed by atoms with Crippen LogP contribution in [0.1, 0.15) is 0 Å². The lowest BCUT2D eigenvalue weighted by Gasteiger charge is -2.36. The topological polar surface area (TPSA) is 59.1 Å². The number of ether oxygens (including phenoxy) is 2. The fourth-order valence-corrected chi connectivity index (χ4v) is 5.16. The predicted octanol–water partition coefficient (Wildman–Crippen LogP) is 2.98. The number of para-hydroxylation sites is 2. The highest BCUT2D eigenvalue weighted by Gasteiger charge is 2.29.